The lowest BCUT2D eigenvalue weighted by atomic mass is 10.00. The lowest BCUT2D eigenvalue weighted by Crippen LogP contribution is -2.02. The maximum Gasteiger partial charge on any atom is 0.303 e. The number of non-ortho nitro benzene ring substituents is 1. The van der Waals surface area contributed by atoms with Gasteiger partial charge in [-0.05, 0) is 35.2 Å². The summed E-state index contributed by atoms with van der Waals surface area (Å²) < 4.78 is 0. The molecule has 1 atom stereocenters. The summed E-state index contributed by atoms with van der Waals surface area (Å²) in [5, 5.41) is 29.1. The highest BCUT2D eigenvalue weighted by molar-refractivity contribution is 5.67. The lowest BCUT2D eigenvalue weighted by molar-refractivity contribution is -0.384. The fourth-order valence-corrected chi connectivity index (χ4v) is 2.10. The molecule has 0 amide bonds. The van der Waals surface area contributed by atoms with E-state index in [-0.39, 0.29) is 18.5 Å². The molecule has 6 heteroatoms. The van der Waals surface area contributed by atoms with Crippen LogP contribution in [-0.4, -0.2) is 21.1 Å². The van der Waals surface area contributed by atoms with Gasteiger partial charge in [-0.1, -0.05) is 24.3 Å². The Morgan fingerprint density at radius 1 is 1.05 bits per heavy atom. The average molecular weight is 301 g/mol. The highest BCUT2D eigenvalue weighted by atomic mass is 16.6. The molecule has 2 aromatic carbocycles. The average Bonchev–Trinajstić information content (AvgIpc) is 2.53. The SMILES string of the molecule is O=C(O)CCC(O)c1ccc(-c2ccc([N+](=O)[O-])cc2)cc1. The minimum absolute atomic E-state index is 0.0319. The van der Waals surface area contributed by atoms with Crippen LogP contribution in [0.25, 0.3) is 11.1 Å². The molecular weight excluding hydrogens is 286 g/mol. The van der Waals surface area contributed by atoms with E-state index in [0.29, 0.717) is 5.56 Å². The van der Waals surface area contributed by atoms with E-state index >= 15 is 0 Å². The van der Waals surface area contributed by atoms with Crippen LogP contribution in [0.3, 0.4) is 0 Å². The van der Waals surface area contributed by atoms with Crippen LogP contribution in [0.5, 0.6) is 0 Å². The second-order valence-electron chi connectivity index (χ2n) is 4.87. The molecule has 2 aromatic rings. The third kappa shape index (κ3) is 3.89. The van der Waals surface area contributed by atoms with Crippen molar-refractivity contribution in [2.24, 2.45) is 0 Å². The predicted octanol–water partition coefficient (Wildman–Crippen LogP) is 3.16. The van der Waals surface area contributed by atoms with Crippen molar-refractivity contribution in [2.75, 3.05) is 0 Å². The number of nitro benzene ring substituents is 1. The molecule has 22 heavy (non-hydrogen) atoms. The largest absolute Gasteiger partial charge is 0.481 e. The zero-order valence-electron chi connectivity index (χ0n) is 11.7. The molecule has 0 aromatic heterocycles. The van der Waals surface area contributed by atoms with Crippen molar-refractivity contribution in [3.05, 3.63) is 64.2 Å². The quantitative estimate of drug-likeness (QED) is 0.630. The van der Waals surface area contributed by atoms with Crippen LogP contribution >= 0.6 is 0 Å². The molecule has 0 aliphatic carbocycles. The van der Waals surface area contributed by atoms with E-state index in [9.17, 15) is 20.0 Å². The molecule has 2 rings (SSSR count). The Kier molecular flexibility index (Phi) is 4.85. The van der Waals surface area contributed by atoms with E-state index in [1.807, 2.05) is 0 Å². The monoisotopic (exact) mass is 301 g/mol. The first kappa shape index (κ1) is 15.7. The number of hydrogen-bond acceptors (Lipinski definition) is 4. The summed E-state index contributed by atoms with van der Waals surface area (Å²) in [6.45, 7) is 0. The van der Waals surface area contributed by atoms with Gasteiger partial charge < -0.3 is 10.2 Å². The molecule has 114 valence electrons. The second-order valence-corrected chi connectivity index (χ2v) is 4.87. The number of aliphatic hydroxyl groups excluding tert-OH is 1. The number of aliphatic hydroxyl groups is 1. The maximum atomic E-state index is 10.6. The van der Waals surface area contributed by atoms with Crippen LogP contribution in [0.2, 0.25) is 0 Å². The molecule has 0 bridgehead atoms. The highest BCUT2D eigenvalue weighted by Crippen LogP contribution is 2.25. The normalized spacial score (nSPS) is 11.9. The first-order chi connectivity index (χ1) is 10.5. The number of carboxylic acids is 1. The van der Waals surface area contributed by atoms with E-state index in [4.69, 9.17) is 5.11 Å². The minimum atomic E-state index is -0.943. The Morgan fingerprint density at radius 3 is 2.00 bits per heavy atom. The number of benzene rings is 2. The fourth-order valence-electron chi connectivity index (χ4n) is 2.10. The summed E-state index contributed by atoms with van der Waals surface area (Å²) in [5.74, 6) is -0.943. The summed E-state index contributed by atoms with van der Waals surface area (Å²) >= 11 is 0. The van der Waals surface area contributed by atoms with E-state index in [0.717, 1.165) is 11.1 Å². The molecule has 0 radical (unpaired) electrons. The Labute approximate surface area is 126 Å². The number of aliphatic carboxylic acids is 1. The Balaban J connectivity index is 2.11. The molecule has 0 heterocycles. The fraction of sp³-hybridized carbons (Fsp3) is 0.188. The van der Waals surface area contributed by atoms with Crippen LogP contribution in [0.4, 0.5) is 5.69 Å². The van der Waals surface area contributed by atoms with Gasteiger partial charge >= 0.3 is 5.97 Å². The predicted molar refractivity (Wildman–Crippen MR) is 80.4 cm³/mol. The molecule has 1 unspecified atom stereocenters. The van der Waals surface area contributed by atoms with E-state index in [2.05, 4.69) is 0 Å². The molecule has 0 saturated heterocycles. The molecule has 0 spiro atoms. The van der Waals surface area contributed by atoms with Crippen LogP contribution in [0.1, 0.15) is 24.5 Å². The standard InChI is InChI=1S/C16H15NO5/c18-15(9-10-16(19)20)13-3-1-11(2-4-13)12-5-7-14(8-6-12)17(21)22/h1-8,15,18H,9-10H2,(H,19,20). The van der Waals surface area contributed by atoms with Crippen LogP contribution in [0.15, 0.2) is 48.5 Å². The zero-order valence-corrected chi connectivity index (χ0v) is 11.7. The van der Waals surface area contributed by atoms with Gasteiger partial charge in [-0.3, -0.25) is 14.9 Å². The summed E-state index contributed by atoms with van der Waals surface area (Å²) in [6.07, 6.45) is -0.751. The third-order valence-corrected chi connectivity index (χ3v) is 3.34. The number of carbonyl (C=O) groups is 1. The first-order valence-electron chi connectivity index (χ1n) is 6.72. The van der Waals surface area contributed by atoms with Gasteiger partial charge in [-0.2, -0.15) is 0 Å². The van der Waals surface area contributed by atoms with Crippen LogP contribution in [-0.2, 0) is 4.79 Å². The van der Waals surface area contributed by atoms with Gasteiger partial charge in [0, 0.05) is 18.6 Å². The first-order valence-corrected chi connectivity index (χ1v) is 6.72. The molecule has 0 aliphatic rings. The van der Waals surface area contributed by atoms with Crippen molar-refractivity contribution in [3.63, 3.8) is 0 Å². The number of carboxylic acid groups (broad SMARTS) is 1. The van der Waals surface area contributed by atoms with Crippen molar-refractivity contribution in [1.29, 1.82) is 0 Å². The summed E-state index contributed by atoms with van der Waals surface area (Å²) in [7, 11) is 0. The van der Waals surface area contributed by atoms with Crippen LogP contribution in [0, 0.1) is 10.1 Å². The summed E-state index contributed by atoms with van der Waals surface area (Å²) in [6, 6.07) is 13.2. The number of nitro groups is 1. The zero-order chi connectivity index (χ0) is 16.1. The lowest BCUT2D eigenvalue weighted by Gasteiger charge is -2.10. The molecular formula is C16H15NO5. The topological polar surface area (TPSA) is 101 Å². The number of rotatable bonds is 6. The van der Waals surface area contributed by atoms with Crippen molar-refractivity contribution in [2.45, 2.75) is 18.9 Å². The van der Waals surface area contributed by atoms with Crippen molar-refractivity contribution in [1.82, 2.24) is 0 Å². The molecule has 0 fully saturated rings. The van der Waals surface area contributed by atoms with Gasteiger partial charge in [-0.15, -0.1) is 0 Å². The minimum Gasteiger partial charge on any atom is -0.481 e. The highest BCUT2D eigenvalue weighted by Gasteiger charge is 2.10. The number of nitrogens with zero attached hydrogens (tertiary/aromatic N) is 1. The van der Waals surface area contributed by atoms with Gasteiger partial charge in [0.2, 0.25) is 0 Å². The van der Waals surface area contributed by atoms with E-state index < -0.39 is 17.0 Å². The van der Waals surface area contributed by atoms with Gasteiger partial charge in [-0.25, -0.2) is 0 Å². The van der Waals surface area contributed by atoms with E-state index in [1.165, 1.54) is 12.1 Å². The smallest absolute Gasteiger partial charge is 0.303 e. The molecule has 6 nitrogen and oxygen atoms in total. The summed E-state index contributed by atoms with van der Waals surface area (Å²) in [4.78, 5) is 20.7. The molecule has 2 N–H and O–H groups in total. The van der Waals surface area contributed by atoms with Crippen molar-refractivity contribution < 1.29 is 19.9 Å². The van der Waals surface area contributed by atoms with Crippen LogP contribution < -0.4 is 0 Å². The summed E-state index contributed by atoms with van der Waals surface area (Å²) in [5.41, 5.74) is 2.37. The van der Waals surface area contributed by atoms with Crippen molar-refractivity contribution in [3.8, 4) is 11.1 Å². The molecule has 0 aliphatic heterocycles. The Bertz CT molecular complexity index is 664. The van der Waals surface area contributed by atoms with Gasteiger partial charge in [0.1, 0.15) is 0 Å². The maximum absolute atomic E-state index is 10.6. The Hall–Kier alpha value is -2.73. The Morgan fingerprint density at radius 2 is 1.55 bits per heavy atom. The van der Waals surface area contributed by atoms with E-state index in [1.54, 1.807) is 36.4 Å². The third-order valence-electron chi connectivity index (χ3n) is 3.34. The van der Waals surface area contributed by atoms with Gasteiger partial charge in [0.15, 0.2) is 0 Å². The second kappa shape index (κ2) is 6.82. The van der Waals surface area contributed by atoms with Crippen molar-refractivity contribution >= 4 is 11.7 Å². The van der Waals surface area contributed by atoms with Gasteiger partial charge in [0.05, 0.1) is 11.0 Å². The molecule has 0 saturated carbocycles. The van der Waals surface area contributed by atoms with Gasteiger partial charge in [0.25, 0.3) is 5.69 Å². The number of hydrogen-bond donors (Lipinski definition) is 2.